The van der Waals surface area contributed by atoms with Crippen LogP contribution < -0.4 is 5.73 Å². The van der Waals surface area contributed by atoms with Crippen molar-refractivity contribution in [3.8, 4) is 0 Å². The number of ketones is 1. The van der Waals surface area contributed by atoms with Crippen LogP contribution in [-0.2, 0) is 9.59 Å². The third-order valence-corrected chi connectivity index (χ3v) is 2.83. The predicted octanol–water partition coefficient (Wildman–Crippen LogP) is 2.10. The highest BCUT2D eigenvalue weighted by Gasteiger charge is 2.23. The average molecular weight is 261 g/mol. The highest BCUT2D eigenvalue weighted by atomic mass is 16.4. The summed E-state index contributed by atoms with van der Waals surface area (Å²) < 4.78 is 0. The molecule has 4 nitrogen and oxygen atoms in total. The molecule has 1 aromatic rings. The van der Waals surface area contributed by atoms with E-state index in [1.54, 1.807) is 6.08 Å². The van der Waals surface area contributed by atoms with Gasteiger partial charge in [-0.3, -0.25) is 9.59 Å². The Labute approximate surface area is 112 Å². The summed E-state index contributed by atoms with van der Waals surface area (Å²) in [7, 11) is 0. The zero-order valence-corrected chi connectivity index (χ0v) is 10.8. The van der Waals surface area contributed by atoms with Crippen LogP contribution in [0.15, 0.2) is 36.4 Å². The van der Waals surface area contributed by atoms with Crippen LogP contribution in [-0.4, -0.2) is 23.4 Å². The summed E-state index contributed by atoms with van der Waals surface area (Å²) in [5.41, 5.74) is 6.23. The number of carbonyl (C=O) groups is 2. The Bertz CT molecular complexity index is 440. The Morgan fingerprint density at radius 2 is 1.89 bits per heavy atom. The number of allylic oxidation sites excluding steroid dienone is 1. The number of carboxylic acids is 1. The minimum absolute atomic E-state index is 0.338. The lowest BCUT2D eigenvalue weighted by atomic mass is 9.96. The van der Waals surface area contributed by atoms with Crippen LogP contribution in [0.5, 0.6) is 0 Å². The van der Waals surface area contributed by atoms with Gasteiger partial charge in [0.05, 0.1) is 0 Å². The molecule has 0 fully saturated rings. The standard InChI is InChI=1S/C15H19NO3/c16-11-5-4-8-13(15(18)19)14(17)10-9-12-6-2-1-3-7-12/h1-3,6-7,9-10,13H,4-5,8,11,16H2,(H,18,19). The van der Waals surface area contributed by atoms with Gasteiger partial charge in [-0.25, -0.2) is 0 Å². The van der Waals surface area contributed by atoms with Crippen molar-refractivity contribution in [2.24, 2.45) is 11.7 Å². The number of unbranched alkanes of at least 4 members (excludes halogenated alkanes) is 1. The molecule has 1 rings (SSSR count). The van der Waals surface area contributed by atoms with E-state index in [0.717, 1.165) is 12.0 Å². The fraction of sp³-hybridized carbons (Fsp3) is 0.333. The molecule has 0 aliphatic carbocycles. The Morgan fingerprint density at radius 3 is 2.47 bits per heavy atom. The second-order valence-corrected chi connectivity index (χ2v) is 4.32. The van der Waals surface area contributed by atoms with Crippen LogP contribution in [0.25, 0.3) is 6.08 Å². The number of aliphatic carboxylic acids is 1. The lowest BCUT2D eigenvalue weighted by Crippen LogP contribution is -2.22. The van der Waals surface area contributed by atoms with E-state index in [9.17, 15) is 9.59 Å². The van der Waals surface area contributed by atoms with Crippen LogP contribution in [0.4, 0.5) is 0 Å². The maximum Gasteiger partial charge on any atom is 0.314 e. The van der Waals surface area contributed by atoms with Gasteiger partial charge in [0.15, 0.2) is 5.78 Å². The van der Waals surface area contributed by atoms with Crippen molar-refractivity contribution < 1.29 is 14.7 Å². The molecular formula is C15H19NO3. The molecular weight excluding hydrogens is 242 g/mol. The lowest BCUT2D eigenvalue weighted by Gasteiger charge is -2.08. The Balaban J connectivity index is 2.62. The molecule has 0 spiro atoms. The molecule has 0 heterocycles. The number of hydrogen-bond acceptors (Lipinski definition) is 3. The molecule has 102 valence electrons. The maximum absolute atomic E-state index is 11.9. The van der Waals surface area contributed by atoms with E-state index in [2.05, 4.69) is 0 Å². The molecule has 1 atom stereocenters. The number of benzene rings is 1. The van der Waals surface area contributed by atoms with Crippen molar-refractivity contribution in [2.75, 3.05) is 6.54 Å². The van der Waals surface area contributed by atoms with E-state index < -0.39 is 11.9 Å². The third-order valence-electron chi connectivity index (χ3n) is 2.83. The van der Waals surface area contributed by atoms with E-state index >= 15 is 0 Å². The summed E-state index contributed by atoms with van der Waals surface area (Å²) in [6.07, 6.45) is 4.71. The highest BCUT2D eigenvalue weighted by Crippen LogP contribution is 2.12. The van der Waals surface area contributed by atoms with Crippen LogP contribution >= 0.6 is 0 Å². The van der Waals surface area contributed by atoms with Gasteiger partial charge in [-0.2, -0.15) is 0 Å². The first-order valence-corrected chi connectivity index (χ1v) is 6.35. The van der Waals surface area contributed by atoms with Crippen LogP contribution in [0.3, 0.4) is 0 Å². The minimum Gasteiger partial charge on any atom is -0.481 e. The summed E-state index contributed by atoms with van der Waals surface area (Å²) in [5, 5.41) is 9.05. The van der Waals surface area contributed by atoms with Crippen molar-refractivity contribution in [3.63, 3.8) is 0 Å². The van der Waals surface area contributed by atoms with E-state index in [1.165, 1.54) is 6.08 Å². The Hall–Kier alpha value is -1.94. The van der Waals surface area contributed by atoms with E-state index in [4.69, 9.17) is 10.8 Å². The monoisotopic (exact) mass is 261 g/mol. The molecule has 0 aromatic heterocycles. The number of hydrogen-bond donors (Lipinski definition) is 2. The largest absolute Gasteiger partial charge is 0.481 e. The minimum atomic E-state index is -1.07. The lowest BCUT2D eigenvalue weighted by molar-refractivity contribution is -0.145. The van der Waals surface area contributed by atoms with Crippen molar-refractivity contribution in [1.29, 1.82) is 0 Å². The number of nitrogens with two attached hydrogens (primary N) is 1. The van der Waals surface area contributed by atoms with Crippen molar-refractivity contribution in [2.45, 2.75) is 19.3 Å². The fourth-order valence-corrected chi connectivity index (χ4v) is 1.74. The normalized spacial score (nSPS) is 12.5. The van der Waals surface area contributed by atoms with Gasteiger partial charge in [0.25, 0.3) is 0 Å². The second-order valence-electron chi connectivity index (χ2n) is 4.32. The summed E-state index contributed by atoms with van der Waals surface area (Å²) in [4.78, 5) is 22.9. The molecule has 19 heavy (non-hydrogen) atoms. The highest BCUT2D eigenvalue weighted by molar-refractivity contribution is 6.06. The number of rotatable bonds is 8. The van der Waals surface area contributed by atoms with Gasteiger partial charge in [0.1, 0.15) is 5.92 Å². The smallest absolute Gasteiger partial charge is 0.314 e. The van der Waals surface area contributed by atoms with Crippen molar-refractivity contribution in [1.82, 2.24) is 0 Å². The van der Waals surface area contributed by atoms with Gasteiger partial charge in [-0.15, -0.1) is 0 Å². The molecule has 1 aromatic carbocycles. The third kappa shape index (κ3) is 5.48. The second kappa shape index (κ2) is 8.21. The number of carboxylic acid groups (broad SMARTS) is 1. The first-order valence-electron chi connectivity index (χ1n) is 6.35. The van der Waals surface area contributed by atoms with Gasteiger partial charge in [-0.05, 0) is 31.0 Å². The quantitative estimate of drug-likeness (QED) is 0.426. The zero-order chi connectivity index (χ0) is 14.1. The maximum atomic E-state index is 11.9. The van der Waals surface area contributed by atoms with Crippen LogP contribution in [0.1, 0.15) is 24.8 Å². The van der Waals surface area contributed by atoms with E-state index in [-0.39, 0.29) is 5.78 Å². The van der Waals surface area contributed by atoms with Gasteiger partial charge >= 0.3 is 5.97 Å². The Kier molecular flexibility index (Phi) is 6.53. The Morgan fingerprint density at radius 1 is 1.21 bits per heavy atom. The van der Waals surface area contributed by atoms with Crippen LogP contribution in [0.2, 0.25) is 0 Å². The van der Waals surface area contributed by atoms with Crippen molar-refractivity contribution in [3.05, 3.63) is 42.0 Å². The van der Waals surface area contributed by atoms with Gasteiger partial charge in [0, 0.05) is 0 Å². The van der Waals surface area contributed by atoms with E-state index in [1.807, 2.05) is 30.3 Å². The molecule has 1 unspecified atom stereocenters. The molecule has 0 saturated heterocycles. The predicted molar refractivity (Wildman–Crippen MR) is 74.5 cm³/mol. The summed E-state index contributed by atoms with van der Waals surface area (Å²) >= 11 is 0. The molecule has 0 saturated carbocycles. The fourth-order valence-electron chi connectivity index (χ4n) is 1.74. The van der Waals surface area contributed by atoms with Gasteiger partial charge in [-0.1, -0.05) is 42.8 Å². The average Bonchev–Trinajstić information content (AvgIpc) is 2.42. The molecule has 0 amide bonds. The van der Waals surface area contributed by atoms with E-state index in [0.29, 0.717) is 19.4 Å². The first kappa shape index (κ1) is 15.1. The number of carbonyl (C=O) groups excluding carboxylic acids is 1. The molecule has 0 bridgehead atoms. The summed E-state index contributed by atoms with van der Waals surface area (Å²) in [5.74, 6) is -2.40. The SMILES string of the molecule is NCCCCC(C(=O)O)C(=O)C=Cc1ccccc1. The molecule has 3 N–H and O–H groups in total. The molecule has 4 heteroatoms. The summed E-state index contributed by atoms with van der Waals surface area (Å²) in [6.45, 7) is 0.514. The molecule has 0 aliphatic heterocycles. The van der Waals surface area contributed by atoms with Gasteiger partial charge in [0.2, 0.25) is 0 Å². The topological polar surface area (TPSA) is 80.4 Å². The molecule has 0 aliphatic rings. The van der Waals surface area contributed by atoms with Crippen molar-refractivity contribution >= 4 is 17.8 Å². The van der Waals surface area contributed by atoms with Gasteiger partial charge < -0.3 is 10.8 Å². The zero-order valence-electron chi connectivity index (χ0n) is 10.8. The van der Waals surface area contributed by atoms with Crippen LogP contribution in [0, 0.1) is 5.92 Å². The molecule has 0 radical (unpaired) electrons. The summed E-state index contributed by atoms with van der Waals surface area (Å²) in [6, 6.07) is 9.31. The first-order chi connectivity index (χ1) is 9.15.